The van der Waals surface area contributed by atoms with E-state index in [4.69, 9.17) is 4.74 Å². The zero-order valence-corrected chi connectivity index (χ0v) is 17.5. The summed E-state index contributed by atoms with van der Waals surface area (Å²) in [6.07, 6.45) is 3.50. The van der Waals surface area contributed by atoms with E-state index in [9.17, 15) is 13.2 Å². The van der Waals surface area contributed by atoms with Crippen LogP contribution in [0.15, 0.2) is 54.6 Å². The summed E-state index contributed by atoms with van der Waals surface area (Å²) in [6.45, 7) is 1.55. The molecule has 1 aliphatic rings. The van der Waals surface area contributed by atoms with Gasteiger partial charge in [0.1, 0.15) is 5.75 Å². The van der Waals surface area contributed by atoms with Crippen LogP contribution in [0.5, 0.6) is 5.75 Å². The highest BCUT2D eigenvalue weighted by Gasteiger charge is 2.25. The van der Waals surface area contributed by atoms with Gasteiger partial charge in [-0.05, 0) is 36.0 Å². The Morgan fingerprint density at radius 2 is 1.72 bits per heavy atom. The van der Waals surface area contributed by atoms with Crippen molar-refractivity contribution in [1.82, 2.24) is 9.62 Å². The Morgan fingerprint density at radius 1 is 1.07 bits per heavy atom. The second-order valence-electron chi connectivity index (χ2n) is 7.47. The lowest BCUT2D eigenvalue weighted by molar-refractivity contribution is -0.123. The van der Waals surface area contributed by atoms with Crippen LogP contribution in [0, 0.1) is 5.92 Å². The highest BCUT2D eigenvalue weighted by atomic mass is 32.2. The summed E-state index contributed by atoms with van der Waals surface area (Å²) in [4.78, 5) is 12.2. The van der Waals surface area contributed by atoms with E-state index in [1.807, 2.05) is 42.5 Å². The Kier molecular flexibility index (Phi) is 7.28. The van der Waals surface area contributed by atoms with Gasteiger partial charge in [-0.2, -0.15) is 0 Å². The molecule has 0 atom stereocenters. The molecule has 0 radical (unpaired) electrons. The zero-order chi connectivity index (χ0) is 20.7. The third kappa shape index (κ3) is 6.58. The number of carbonyl (C=O) groups excluding carboxylic acids is 1. The highest BCUT2D eigenvalue weighted by Crippen LogP contribution is 2.21. The predicted octanol–water partition coefficient (Wildman–Crippen LogP) is 2.44. The Bertz CT molecular complexity index is 907. The molecule has 0 spiro atoms. The van der Waals surface area contributed by atoms with Crippen molar-refractivity contribution in [3.05, 3.63) is 65.7 Å². The molecule has 1 N–H and O–H groups in total. The molecule has 0 aliphatic carbocycles. The number of ether oxygens (including phenoxy) is 1. The maximum atomic E-state index is 12.2. The van der Waals surface area contributed by atoms with Crippen molar-refractivity contribution < 1.29 is 17.9 Å². The molecular weight excluding hydrogens is 388 g/mol. The van der Waals surface area contributed by atoms with Gasteiger partial charge >= 0.3 is 0 Å². The quantitative estimate of drug-likeness (QED) is 0.717. The number of nitrogens with zero attached hydrogens (tertiary/aromatic N) is 1. The fourth-order valence-electron chi connectivity index (χ4n) is 3.50. The molecule has 1 fully saturated rings. The second-order valence-corrected chi connectivity index (χ2v) is 9.45. The number of benzene rings is 2. The number of para-hydroxylation sites is 1. The molecule has 0 bridgehead atoms. The van der Waals surface area contributed by atoms with Crippen LogP contribution in [0.4, 0.5) is 0 Å². The maximum Gasteiger partial charge on any atom is 0.257 e. The lowest BCUT2D eigenvalue weighted by atomic mass is 9.98. The van der Waals surface area contributed by atoms with Crippen molar-refractivity contribution in [3.8, 4) is 5.75 Å². The zero-order valence-electron chi connectivity index (χ0n) is 16.7. The summed E-state index contributed by atoms with van der Waals surface area (Å²) in [6, 6.07) is 17.9. The van der Waals surface area contributed by atoms with Crippen LogP contribution in [0.3, 0.4) is 0 Å². The number of nitrogens with one attached hydrogen (secondary N) is 1. The van der Waals surface area contributed by atoms with Crippen molar-refractivity contribution in [2.75, 3.05) is 32.5 Å². The van der Waals surface area contributed by atoms with E-state index in [0.29, 0.717) is 31.3 Å². The molecule has 1 saturated heterocycles. The molecule has 6 nitrogen and oxygen atoms in total. The van der Waals surface area contributed by atoms with E-state index < -0.39 is 10.0 Å². The summed E-state index contributed by atoms with van der Waals surface area (Å²) in [5.74, 6) is 0.848. The summed E-state index contributed by atoms with van der Waals surface area (Å²) < 4.78 is 30.4. The SMILES string of the molecule is CS(=O)(=O)N1CCC(CNC(=O)COc2ccccc2Cc2ccccc2)CC1. The predicted molar refractivity (Wildman–Crippen MR) is 113 cm³/mol. The number of carbonyl (C=O) groups is 1. The van der Waals surface area contributed by atoms with E-state index in [1.54, 1.807) is 0 Å². The van der Waals surface area contributed by atoms with Crippen molar-refractivity contribution in [1.29, 1.82) is 0 Å². The molecule has 7 heteroatoms. The fraction of sp³-hybridized carbons (Fsp3) is 0.409. The van der Waals surface area contributed by atoms with Gasteiger partial charge < -0.3 is 10.1 Å². The normalized spacial score (nSPS) is 15.8. The number of rotatable bonds is 8. The van der Waals surface area contributed by atoms with Gasteiger partial charge in [-0.15, -0.1) is 0 Å². The fourth-order valence-corrected chi connectivity index (χ4v) is 4.38. The number of hydrogen-bond acceptors (Lipinski definition) is 4. The van der Waals surface area contributed by atoms with E-state index in [2.05, 4.69) is 17.4 Å². The van der Waals surface area contributed by atoms with Gasteiger partial charge in [0, 0.05) is 26.1 Å². The molecule has 2 aromatic rings. The minimum absolute atomic E-state index is 0.0337. The molecule has 2 aromatic carbocycles. The summed E-state index contributed by atoms with van der Waals surface area (Å²) in [7, 11) is -3.12. The van der Waals surface area contributed by atoms with Crippen LogP contribution >= 0.6 is 0 Å². The number of piperidine rings is 1. The van der Waals surface area contributed by atoms with Gasteiger partial charge in [0.2, 0.25) is 10.0 Å². The summed E-state index contributed by atoms with van der Waals surface area (Å²) in [5, 5.41) is 2.91. The molecule has 0 aromatic heterocycles. The van der Waals surface area contributed by atoms with Crippen LogP contribution in [-0.2, 0) is 21.2 Å². The number of sulfonamides is 1. The molecule has 1 aliphatic heterocycles. The molecule has 3 rings (SSSR count). The number of amides is 1. The second kappa shape index (κ2) is 9.89. The van der Waals surface area contributed by atoms with Crippen molar-refractivity contribution in [3.63, 3.8) is 0 Å². The van der Waals surface area contributed by atoms with Crippen molar-refractivity contribution in [2.24, 2.45) is 5.92 Å². The Balaban J connectivity index is 1.44. The molecular formula is C22H28N2O4S. The van der Waals surface area contributed by atoms with E-state index in [0.717, 1.165) is 24.8 Å². The van der Waals surface area contributed by atoms with Crippen LogP contribution in [0.25, 0.3) is 0 Å². The van der Waals surface area contributed by atoms with Gasteiger partial charge in [-0.1, -0.05) is 48.5 Å². The largest absolute Gasteiger partial charge is 0.483 e. The van der Waals surface area contributed by atoms with Crippen LogP contribution < -0.4 is 10.1 Å². The first-order chi connectivity index (χ1) is 13.9. The number of hydrogen-bond donors (Lipinski definition) is 1. The average Bonchev–Trinajstić information content (AvgIpc) is 2.72. The van der Waals surface area contributed by atoms with Gasteiger partial charge in [-0.3, -0.25) is 4.79 Å². The van der Waals surface area contributed by atoms with Crippen molar-refractivity contribution in [2.45, 2.75) is 19.3 Å². The first-order valence-electron chi connectivity index (χ1n) is 9.88. The van der Waals surface area contributed by atoms with Crippen LogP contribution in [-0.4, -0.2) is 51.1 Å². The standard InChI is InChI=1S/C22H28N2O4S/c1-29(26,27)24-13-11-19(12-14-24)16-23-22(25)17-28-21-10-6-5-9-20(21)15-18-7-3-2-4-8-18/h2-10,19H,11-17H2,1H3,(H,23,25). The highest BCUT2D eigenvalue weighted by molar-refractivity contribution is 7.88. The maximum absolute atomic E-state index is 12.2. The Hall–Kier alpha value is -2.38. The molecule has 1 heterocycles. The third-order valence-electron chi connectivity index (χ3n) is 5.20. The lowest BCUT2D eigenvalue weighted by Crippen LogP contribution is -2.41. The summed E-state index contributed by atoms with van der Waals surface area (Å²) in [5.41, 5.74) is 2.23. The topological polar surface area (TPSA) is 75.7 Å². The first-order valence-corrected chi connectivity index (χ1v) is 11.7. The Morgan fingerprint density at radius 3 is 2.41 bits per heavy atom. The van der Waals surface area contributed by atoms with Crippen LogP contribution in [0.2, 0.25) is 0 Å². The lowest BCUT2D eigenvalue weighted by Gasteiger charge is -2.30. The van der Waals surface area contributed by atoms with E-state index in [-0.39, 0.29) is 12.5 Å². The van der Waals surface area contributed by atoms with Crippen molar-refractivity contribution >= 4 is 15.9 Å². The molecule has 0 saturated carbocycles. The average molecular weight is 417 g/mol. The van der Waals surface area contributed by atoms with Gasteiger partial charge in [0.05, 0.1) is 6.26 Å². The van der Waals surface area contributed by atoms with Crippen LogP contribution in [0.1, 0.15) is 24.0 Å². The minimum Gasteiger partial charge on any atom is -0.483 e. The van der Waals surface area contributed by atoms with Gasteiger partial charge in [0.15, 0.2) is 6.61 Å². The Labute approximate surface area is 172 Å². The van der Waals surface area contributed by atoms with E-state index >= 15 is 0 Å². The molecule has 1 amide bonds. The minimum atomic E-state index is -3.12. The summed E-state index contributed by atoms with van der Waals surface area (Å²) >= 11 is 0. The molecule has 156 valence electrons. The van der Waals surface area contributed by atoms with Gasteiger partial charge in [-0.25, -0.2) is 12.7 Å². The first kappa shape index (κ1) is 21.3. The molecule has 29 heavy (non-hydrogen) atoms. The monoisotopic (exact) mass is 416 g/mol. The van der Waals surface area contributed by atoms with E-state index in [1.165, 1.54) is 16.1 Å². The van der Waals surface area contributed by atoms with Gasteiger partial charge in [0.25, 0.3) is 5.91 Å². The molecule has 0 unspecified atom stereocenters. The third-order valence-corrected chi connectivity index (χ3v) is 6.50. The smallest absolute Gasteiger partial charge is 0.257 e.